The van der Waals surface area contributed by atoms with Gasteiger partial charge in [0.2, 0.25) is 5.91 Å². The molecule has 1 aliphatic heterocycles. The summed E-state index contributed by atoms with van der Waals surface area (Å²) in [5.41, 5.74) is 0.0352. The number of benzene rings is 1. The number of hydrogen-bond donors (Lipinski definition) is 2. The number of nitrogens with one attached hydrogen (secondary N) is 1. The molecule has 3 atom stereocenters. The van der Waals surface area contributed by atoms with Gasteiger partial charge in [0.15, 0.2) is 0 Å². The first-order valence-corrected chi connectivity index (χ1v) is 8.34. The number of carbonyl (C=O) groups is 2. The van der Waals surface area contributed by atoms with E-state index in [9.17, 15) is 14.7 Å². The average molecular weight is 337 g/mol. The Labute approximate surface area is 140 Å². The summed E-state index contributed by atoms with van der Waals surface area (Å²) in [7, 11) is 0. The lowest BCUT2D eigenvalue weighted by atomic mass is 9.81. The Morgan fingerprint density at radius 2 is 2.09 bits per heavy atom. The van der Waals surface area contributed by atoms with Crippen molar-refractivity contribution >= 4 is 29.2 Å². The van der Waals surface area contributed by atoms with Crippen LogP contribution in [0.1, 0.15) is 26.2 Å². The Morgan fingerprint density at radius 1 is 1.39 bits per heavy atom. The van der Waals surface area contributed by atoms with Gasteiger partial charge in [-0.25, -0.2) is 0 Å². The predicted molar refractivity (Wildman–Crippen MR) is 88.5 cm³/mol. The van der Waals surface area contributed by atoms with Crippen molar-refractivity contribution in [3.63, 3.8) is 0 Å². The molecule has 124 valence electrons. The molecular weight excluding hydrogens is 316 g/mol. The quantitative estimate of drug-likeness (QED) is 0.887. The molecule has 2 fully saturated rings. The number of anilines is 1. The number of carbonyl (C=O) groups excluding carboxylic acids is 1. The standard InChI is InChI=1S/C17H21ClN2O3/c1-11(15(21)19-14-6-4-13(18)5-7-14)20-9-12-3-2-8-17(12,10-20)16(22)23/h4-7,11-12H,2-3,8-10H2,1H3,(H,19,21)(H,22,23)/t11?,12-,17+/m0/s1. The summed E-state index contributed by atoms with van der Waals surface area (Å²) in [4.78, 5) is 26.2. The largest absolute Gasteiger partial charge is 0.481 e. The number of amides is 1. The van der Waals surface area contributed by atoms with Crippen LogP contribution < -0.4 is 5.32 Å². The van der Waals surface area contributed by atoms with E-state index in [0.717, 1.165) is 19.3 Å². The summed E-state index contributed by atoms with van der Waals surface area (Å²) in [6, 6.07) is 6.60. The van der Waals surface area contributed by atoms with E-state index >= 15 is 0 Å². The molecule has 0 aromatic heterocycles. The van der Waals surface area contributed by atoms with Gasteiger partial charge in [-0.3, -0.25) is 14.5 Å². The van der Waals surface area contributed by atoms with E-state index in [4.69, 9.17) is 11.6 Å². The second-order valence-corrected chi connectivity index (χ2v) is 7.09. The number of carboxylic acids is 1. The van der Waals surface area contributed by atoms with Gasteiger partial charge in [-0.05, 0) is 49.9 Å². The summed E-state index contributed by atoms with van der Waals surface area (Å²) < 4.78 is 0. The summed E-state index contributed by atoms with van der Waals surface area (Å²) in [5, 5.41) is 13.1. The van der Waals surface area contributed by atoms with Gasteiger partial charge >= 0.3 is 5.97 Å². The van der Waals surface area contributed by atoms with Crippen molar-refractivity contribution < 1.29 is 14.7 Å². The van der Waals surface area contributed by atoms with Crippen molar-refractivity contribution in [2.24, 2.45) is 11.3 Å². The molecule has 6 heteroatoms. The van der Waals surface area contributed by atoms with Crippen LogP contribution in [0.5, 0.6) is 0 Å². The van der Waals surface area contributed by atoms with Crippen LogP contribution in [0.2, 0.25) is 5.02 Å². The number of halogens is 1. The Balaban J connectivity index is 1.67. The van der Waals surface area contributed by atoms with E-state index in [-0.39, 0.29) is 17.9 Å². The number of hydrogen-bond acceptors (Lipinski definition) is 3. The first-order valence-electron chi connectivity index (χ1n) is 7.96. The number of likely N-dealkylation sites (tertiary alicyclic amines) is 1. The maximum absolute atomic E-state index is 12.4. The Hall–Kier alpha value is -1.59. The molecule has 2 aliphatic rings. The number of fused-ring (bicyclic) bond motifs is 1. The van der Waals surface area contributed by atoms with Crippen LogP contribution in [0.25, 0.3) is 0 Å². The minimum Gasteiger partial charge on any atom is -0.481 e. The fourth-order valence-corrected chi connectivity index (χ4v) is 4.04. The van der Waals surface area contributed by atoms with Crippen molar-refractivity contribution in [2.45, 2.75) is 32.2 Å². The van der Waals surface area contributed by atoms with Crippen LogP contribution in [-0.4, -0.2) is 41.0 Å². The molecule has 0 radical (unpaired) electrons. The molecule has 3 rings (SSSR count). The molecule has 1 aromatic rings. The van der Waals surface area contributed by atoms with Crippen molar-refractivity contribution in [3.8, 4) is 0 Å². The van der Waals surface area contributed by atoms with Crippen molar-refractivity contribution in [2.75, 3.05) is 18.4 Å². The number of nitrogens with zero attached hydrogens (tertiary/aromatic N) is 1. The summed E-state index contributed by atoms with van der Waals surface area (Å²) in [6.07, 6.45) is 2.62. The molecular formula is C17H21ClN2O3. The molecule has 5 nitrogen and oxygen atoms in total. The summed E-state index contributed by atoms with van der Waals surface area (Å²) >= 11 is 5.84. The highest BCUT2D eigenvalue weighted by Gasteiger charge is 2.55. The zero-order valence-electron chi connectivity index (χ0n) is 13.1. The van der Waals surface area contributed by atoms with Crippen LogP contribution in [0.15, 0.2) is 24.3 Å². The highest BCUT2D eigenvalue weighted by Crippen LogP contribution is 2.49. The van der Waals surface area contributed by atoms with Gasteiger partial charge in [-0.2, -0.15) is 0 Å². The zero-order valence-corrected chi connectivity index (χ0v) is 13.8. The molecule has 1 saturated heterocycles. The van der Waals surface area contributed by atoms with E-state index in [2.05, 4.69) is 5.32 Å². The topological polar surface area (TPSA) is 69.6 Å². The van der Waals surface area contributed by atoms with Gasteiger partial charge < -0.3 is 10.4 Å². The number of aliphatic carboxylic acids is 1. The lowest BCUT2D eigenvalue weighted by Crippen LogP contribution is -2.43. The highest BCUT2D eigenvalue weighted by molar-refractivity contribution is 6.30. The minimum absolute atomic E-state index is 0.118. The van der Waals surface area contributed by atoms with E-state index in [1.807, 2.05) is 11.8 Å². The molecule has 1 amide bonds. The summed E-state index contributed by atoms with van der Waals surface area (Å²) in [6.45, 7) is 2.98. The maximum Gasteiger partial charge on any atom is 0.311 e. The van der Waals surface area contributed by atoms with Crippen LogP contribution in [0.4, 0.5) is 5.69 Å². The molecule has 23 heavy (non-hydrogen) atoms. The molecule has 0 bridgehead atoms. The fourth-order valence-electron chi connectivity index (χ4n) is 3.92. The van der Waals surface area contributed by atoms with E-state index in [0.29, 0.717) is 23.8 Å². The van der Waals surface area contributed by atoms with E-state index in [1.165, 1.54) is 0 Å². The second-order valence-electron chi connectivity index (χ2n) is 6.65. The molecule has 1 heterocycles. The second kappa shape index (κ2) is 6.13. The maximum atomic E-state index is 12.4. The van der Waals surface area contributed by atoms with Gasteiger partial charge in [0.1, 0.15) is 0 Å². The SMILES string of the molecule is CC(C(=O)Nc1ccc(Cl)cc1)N1C[C@@H]2CCC[C@@]2(C(=O)O)C1. The Bertz CT molecular complexity index is 619. The smallest absolute Gasteiger partial charge is 0.311 e. The number of rotatable bonds is 4. The van der Waals surface area contributed by atoms with E-state index < -0.39 is 11.4 Å². The predicted octanol–water partition coefficient (Wildman–Crippen LogP) is 2.85. The van der Waals surface area contributed by atoms with Crippen LogP contribution in [0, 0.1) is 11.3 Å². The van der Waals surface area contributed by atoms with Gasteiger partial charge in [-0.1, -0.05) is 18.0 Å². The van der Waals surface area contributed by atoms with E-state index in [1.54, 1.807) is 24.3 Å². The fraction of sp³-hybridized carbons (Fsp3) is 0.529. The van der Waals surface area contributed by atoms with Crippen LogP contribution >= 0.6 is 11.6 Å². The monoisotopic (exact) mass is 336 g/mol. The Morgan fingerprint density at radius 3 is 2.70 bits per heavy atom. The first kappa shape index (κ1) is 16.3. The zero-order chi connectivity index (χ0) is 16.6. The average Bonchev–Trinajstić information content (AvgIpc) is 3.06. The lowest BCUT2D eigenvalue weighted by molar-refractivity contribution is -0.149. The number of carboxylic acid groups (broad SMARTS) is 1. The van der Waals surface area contributed by atoms with Gasteiger partial charge in [-0.15, -0.1) is 0 Å². The lowest BCUT2D eigenvalue weighted by Gasteiger charge is -2.26. The normalized spacial score (nSPS) is 28.3. The third-order valence-corrected chi connectivity index (χ3v) is 5.61. The van der Waals surface area contributed by atoms with Gasteiger partial charge in [0.05, 0.1) is 11.5 Å². The molecule has 1 aliphatic carbocycles. The van der Waals surface area contributed by atoms with Gasteiger partial charge in [0, 0.05) is 23.8 Å². The molecule has 2 N–H and O–H groups in total. The molecule has 0 spiro atoms. The van der Waals surface area contributed by atoms with Crippen molar-refractivity contribution in [1.29, 1.82) is 0 Å². The summed E-state index contributed by atoms with van der Waals surface area (Å²) in [5.74, 6) is -0.675. The Kier molecular flexibility index (Phi) is 4.34. The van der Waals surface area contributed by atoms with Crippen molar-refractivity contribution in [1.82, 2.24) is 4.90 Å². The van der Waals surface area contributed by atoms with Crippen LogP contribution in [-0.2, 0) is 9.59 Å². The molecule has 1 aromatic carbocycles. The third kappa shape index (κ3) is 2.95. The van der Waals surface area contributed by atoms with Gasteiger partial charge in [0.25, 0.3) is 0 Å². The first-order chi connectivity index (χ1) is 10.9. The molecule has 1 saturated carbocycles. The minimum atomic E-state index is -0.715. The van der Waals surface area contributed by atoms with Crippen LogP contribution in [0.3, 0.4) is 0 Å². The van der Waals surface area contributed by atoms with Crippen molar-refractivity contribution in [3.05, 3.63) is 29.3 Å². The third-order valence-electron chi connectivity index (χ3n) is 5.36. The highest BCUT2D eigenvalue weighted by atomic mass is 35.5. The molecule has 1 unspecified atom stereocenters.